The number of amidine groups is 1. The van der Waals surface area contributed by atoms with Crippen LogP contribution < -0.4 is 5.48 Å². The molecule has 1 aliphatic rings. The molecule has 1 heterocycles. The number of aryl methyl sites for hydroxylation is 1. The van der Waals surface area contributed by atoms with Gasteiger partial charge in [-0.05, 0) is 23.6 Å². The fraction of sp³-hybridized carbons (Fsp3) is 0.0952. The summed E-state index contributed by atoms with van der Waals surface area (Å²) in [7, 11) is 0. The maximum atomic E-state index is 5.65. The maximum Gasteiger partial charge on any atom is 0.202 e. The fourth-order valence-electron chi connectivity index (χ4n) is 2.86. The summed E-state index contributed by atoms with van der Waals surface area (Å²) < 4.78 is 0. The first-order chi connectivity index (χ1) is 11.8. The predicted octanol–water partition coefficient (Wildman–Crippen LogP) is 4.64. The largest absolute Gasteiger partial charge is 0.246 e. The number of aliphatic imine (C=N–C) groups is 1. The Kier molecular flexibility index (Phi) is 3.85. The molecule has 0 aromatic heterocycles. The quantitative estimate of drug-likeness (QED) is 0.764. The molecule has 1 atom stereocenters. The molecule has 0 aliphatic carbocycles. The van der Waals surface area contributed by atoms with Crippen LogP contribution in [0.5, 0.6) is 0 Å². The van der Waals surface area contributed by atoms with Crippen LogP contribution >= 0.6 is 0 Å². The molecule has 0 spiro atoms. The average Bonchev–Trinajstić information content (AvgIpc) is 3.13. The summed E-state index contributed by atoms with van der Waals surface area (Å²) in [5.74, 6) is 0.783. The molecular formula is C21H18N2O. The van der Waals surface area contributed by atoms with Crippen molar-refractivity contribution in [2.45, 2.75) is 13.2 Å². The van der Waals surface area contributed by atoms with Crippen LogP contribution in [-0.2, 0) is 4.84 Å². The van der Waals surface area contributed by atoms with Crippen LogP contribution in [0.1, 0.15) is 22.9 Å². The van der Waals surface area contributed by atoms with Crippen LogP contribution in [-0.4, -0.2) is 5.84 Å². The van der Waals surface area contributed by atoms with Crippen LogP contribution in [0, 0.1) is 6.92 Å². The second-order valence-electron chi connectivity index (χ2n) is 5.85. The summed E-state index contributed by atoms with van der Waals surface area (Å²) in [6, 6.07) is 26.8. The van der Waals surface area contributed by atoms with E-state index in [1.165, 1.54) is 16.7 Å². The Bertz CT molecular complexity index is 870. The maximum absolute atomic E-state index is 5.65. The summed E-state index contributed by atoms with van der Waals surface area (Å²) in [6.45, 7) is 2.07. The minimum absolute atomic E-state index is 0.315. The molecule has 0 bridgehead atoms. The number of hydrogen-bond acceptors (Lipinski definition) is 3. The zero-order valence-corrected chi connectivity index (χ0v) is 13.4. The summed E-state index contributed by atoms with van der Waals surface area (Å²) >= 11 is 0. The van der Waals surface area contributed by atoms with E-state index >= 15 is 0 Å². The molecule has 0 saturated carbocycles. The van der Waals surface area contributed by atoms with Gasteiger partial charge in [-0.2, -0.15) is 0 Å². The normalized spacial score (nSPS) is 16.5. The number of hydroxylamine groups is 1. The molecule has 1 N–H and O–H groups in total. The van der Waals surface area contributed by atoms with Gasteiger partial charge in [0.2, 0.25) is 6.23 Å². The highest BCUT2D eigenvalue weighted by Crippen LogP contribution is 2.27. The standard InChI is InChI=1S/C21H18N2O/c1-15-7-5-6-10-19(15)20-22-21(24-23-20)18-13-11-17(12-14-18)16-8-3-2-4-9-16/h2-14,21H,1H3,(H,22,23)/t21-/m0/s1. The summed E-state index contributed by atoms with van der Waals surface area (Å²) in [6.07, 6.45) is -0.315. The van der Waals surface area contributed by atoms with Gasteiger partial charge in [0.15, 0.2) is 5.84 Å². The first-order valence-corrected chi connectivity index (χ1v) is 8.02. The average molecular weight is 314 g/mol. The van der Waals surface area contributed by atoms with E-state index in [4.69, 9.17) is 4.84 Å². The molecule has 24 heavy (non-hydrogen) atoms. The minimum Gasteiger partial charge on any atom is -0.246 e. The van der Waals surface area contributed by atoms with Crippen molar-refractivity contribution >= 4 is 5.84 Å². The van der Waals surface area contributed by atoms with E-state index in [-0.39, 0.29) is 6.23 Å². The van der Waals surface area contributed by atoms with Crippen LogP contribution in [0.3, 0.4) is 0 Å². The molecular weight excluding hydrogens is 296 g/mol. The van der Waals surface area contributed by atoms with Crippen molar-refractivity contribution in [1.82, 2.24) is 5.48 Å². The number of benzene rings is 3. The van der Waals surface area contributed by atoms with E-state index in [9.17, 15) is 0 Å². The van der Waals surface area contributed by atoms with E-state index in [1.807, 2.05) is 36.4 Å². The lowest BCUT2D eigenvalue weighted by molar-refractivity contribution is 0.0377. The molecule has 0 unspecified atom stereocenters. The van der Waals surface area contributed by atoms with Crippen molar-refractivity contribution in [2.75, 3.05) is 0 Å². The van der Waals surface area contributed by atoms with E-state index in [1.54, 1.807) is 0 Å². The summed E-state index contributed by atoms with van der Waals surface area (Å²) in [5.41, 5.74) is 8.63. The van der Waals surface area contributed by atoms with Gasteiger partial charge in [-0.1, -0.05) is 78.9 Å². The molecule has 0 radical (unpaired) electrons. The Balaban J connectivity index is 1.58. The highest BCUT2D eigenvalue weighted by Gasteiger charge is 2.21. The van der Waals surface area contributed by atoms with Crippen LogP contribution in [0.25, 0.3) is 11.1 Å². The lowest BCUT2D eigenvalue weighted by atomic mass is 10.0. The molecule has 1 aliphatic heterocycles. The van der Waals surface area contributed by atoms with Crippen molar-refractivity contribution in [3.63, 3.8) is 0 Å². The van der Waals surface area contributed by atoms with Crippen molar-refractivity contribution in [3.05, 3.63) is 95.6 Å². The Morgan fingerprint density at radius 1 is 0.792 bits per heavy atom. The van der Waals surface area contributed by atoms with Gasteiger partial charge < -0.3 is 0 Å². The van der Waals surface area contributed by atoms with Crippen LogP contribution in [0.2, 0.25) is 0 Å². The number of rotatable bonds is 3. The molecule has 0 amide bonds. The summed E-state index contributed by atoms with van der Waals surface area (Å²) in [4.78, 5) is 10.3. The van der Waals surface area contributed by atoms with Gasteiger partial charge in [-0.15, -0.1) is 0 Å². The van der Waals surface area contributed by atoms with E-state index in [0.717, 1.165) is 17.0 Å². The van der Waals surface area contributed by atoms with Gasteiger partial charge in [-0.25, -0.2) is 15.3 Å². The van der Waals surface area contributed by atoms with Gasteiger partial charge in [0.05, 0.1) is 0 Å². The monoisotopic (exact) mass is 314 g/mol. The van der Waals surface area contributed by atoms with E-state index < -0.39 is 0 Å². The highest BCUT2D eigenvalue weighted by atomic mass is 16.7. The van der Waals surface area contributed by atoms with Crippen molar-refractivity contribution in [3.8, 4) is 11.1 Å². The number of hydrogen-bond donors (Lipinski definition) is 1. The Morgan fingerprint density at radius 3 is 2.21 bits per heavy atom. The SMILES string of the molecule is Cc1ccccc1C1=N[C@H](c2ccc(-c3ccccc3)cc2)ON1. The number of nitrogens with zero attached hydrogens (tertiary/aromatic N) is 1. The second-order valence-corrected chi connectivity index (χ2v) is 5.85. The van der Waals surface area contributed by atoms with Crippen LogP contribution in [0.4, 0.5) is 0 Å². The third kappa shape index (κ3) is 2.82. The second kappa shape index (κ2) is 6.30. The van der Waals surface area contributed by atoms with Gasteiger partial charge in [0, 0.05) is 11.1 Å². The molecule has 0 fully saturated rings. The van der Waals surface area contributed by atoms with E-state index in [2.05, 4.69) is 59.9 Å². The lowest BCUT2D eigenvalue weighted by Crippen LogP contribution is -2.18. The fourth-order valence-corrected chi connectivity index (χ4v) is 2.86. The molecule has 3 heteroatoms. The topological polar surface area (TPSA) is 33.6 Å². The smallest absolute Gasteiger partial charge is 0.202 e. The first-order valence-electron chi connectivity index (χ1n) is 8.02. The molecule has 3 nitrogen and oxygen atoms in total. The molecule has 4 rings (SSSR count). The van der Waals surface area contributed by atoms with Crippen molar-refractivity contribution in [1.29, 1.82) is 0 Å². The molecule has 118 valence electrons. The molecule has 0 saturated heterocycles. The van der Waals surface area contributed by atoms with Gasteiger partial charge in [0.1, 0.15) is 0 Å². The van der Waals surface area contributed by atoms with Crippen LogP contribution in [0.15, 0.2) is 83.9 Å². The molecule has 3 aromatic rings. The zero-order valence-electron chi connectivity index (χ0n) is 13.4. The highest BCUT2D eigenvalue weighted by molar-refractivity contribution is 6.00. The Labute approximate surface area is 141 Å². The zero-order chi connectivity index (χ0) is 16.4. The van der Waals surface area contributed by atoms with Gasteiger partial charge >= 0.3 is 0 Å². The van der Waals surface area contributed by atoms with Gasteiger partial charge in [-0.3, -0.25) is 0 Å². The Morgan fingerprint density at radius 2 is 1.46 bits per heavy atom. The summed E-state index contributed by atoms with van der Waals surface area (Å²) in [5, 5.41) is 0. The number of nitrogens with one attached hydrogen (secondary N) is 1. The van der Waals surface area contributed by atoms with Crippen molar-refractivity contribution < 1.29 is 4.84 Å². The lowest BCUT2D eigenvalue weighted by Gasteiger charge is -2.07. The van der Waals surface area contributed by atoms with Gasteiger partial charge in [0.25, 0.3) is 0 Å². The first kappa shape index (κ1) is 14.7. The third-order valence-corrected chi connectivity index (χ3v) is 4.22. The molecule has 3 aromatic carbocycles. The Hall–Kier alpha value is -2.91. The third-order valence-electron chi connectivity index (χ3n) is 4.22. The van der Waals surface area contributed by atoms with E-state index in [0.29, 0.717) is 0 Å². The predicted molar refractivity (Wildman–Crippen MR) is 96.6 cm³/mol. The minimum atomic E-state index is -0.315. The van der Waals surface area contributed by atoms with Crippen molar-refractivity contribution in [2.24, 2.45) is 4.99 Å².